The Hall–Kier alpha value is -3.13. The first-order chi connectivity index (χ1) is 13.7. The van der Waals surface area contributed by atoms with E-state index in [1.807, 2.05) is 32.0 Å². The monoisotopic (exact) mass is 410 g/mol. The van der Waals surface area contributed by atoms with Crippen LogP contribution in [0.3, 0.4) is 0 Å². The van der Waals surface area contributed by atoms with Gasteiger partial charge in [0.05, 0.1) is 11.7 Å². The number of aryl methyl sites for hydroxylation is 2. The largest absolute Gasteiger partial charge is 0.545 e. The van der Waals surface area contributed by atoms with Gasteiger partial charge >= 0.3 is 0 Å². The molecule has 29 heavy (non-hydrogen) atoms. The maximum Gasteiger partial charge on any atom is 0.238 e. The molecule has 8 heteroatoms. The molecule has 150 valence electrons. The number of aromatic carboxylic acids is 1. The average Bonchev–Trinajstić information content (AvgIpc) is 2.68. The Morgan fingerprint density at radius 2 is 1.83 bits per heavy atom. The summed E-state index contributed by atoms with van der Waals surface area (Å²) in [6.07, 6.45) is 0.0517. The zero-order chi connectivity index (χ0) is 21.1. The highest BCUT2D eigenvalue weighted by molar-refractivity contribution is 8.15. The Kier molecular flexibility index (Phi) is 6.03. The molecule has 3 rings (SSSR count). The number of carbonyl (C=O) groups excluding carboxylic acids is 3. The van der Waals surface area contributed by atoms with Gasteiger partial charge in [-0.25, -0.2) is 4.99 Å². The van der Waals surface area contributed by atoms with E-state index in [1.54, 1.807) is 7.05 Å². The summed E-state index contributed by atoms with van der Waals surface area (Å²) >= 11 is 1.22. The van der Waals surface area contributed by atoms with Crippen LogP contribution in [-0.4, -0.2) is 40.1 Å². The number of rotatable bonds is 4. The Bertz CT molecular complexity index is 1000. The first kappa shape index (κ1) is 20.6. The predicted molar refractivity (Wildman–Crippen MR) is 111 cm³/mol. The molecule has 0 saturated carbocycles. The van der Waals surface area contributed by atoms with Crippen LogP contribution in [0.1, 0.15) is 27.9 Å². The van der Waals surface area contributed by atoms with E-state index in [2.05, 4.69) is 10.3 Å². The number of anilines is 1. The first-order valence-electron chi connectivity index (χ1n) is 8.96. The van der Waals surface area contributed by atoms with Crippen LogP contribution in [0.4, 0.5) is 11.4 Å². The van der Waals surface area contributed by atoms with Crippen molar-refractivity contribution in [3.63, 3.8) is 0 Å². The lowest BCUT2D eigenvalue weighted by atomic mass is 10.1. The van der Waals surface area contributed by atoms with E-state index >= 15 is 0 Å². The minimum Gasteiger partial charge on any atom is -0.545 e. The minimum absolute atomic E-state index is 0.0228. The number of carboxylic acids is 1. The molecule has 1 atom stereocenters. The van der Waals surface area contributed by atoms with Gasteiger partial charge in [0.1, 0.15) is 5.25 Å². The molecule has 0 aromatic heterocycles. The molecule has 0 spiro atoms. The normalized spacial score (nSPS) is 18.0. The van der Waals surface area contributed by atoms with Crippen LogP contribution >= 0.6 is 11.8 Å². The quantitative estimate of drug-likeness (QED) is 0.833. The molecule has 1 heterocycles. The van der Waals surface area contributed by atoms with Gasteiger partial charge in [-0.15, -0.1) is 0 Å². The highest BCUT2D eigenvalue weighted by Gasteiger charge is 2.34. The Labute approximate surface area is 172 Å². The van der Waals surface area contributed by atoms with Gasteiger partial charge in [-0.1, -0.05) is 30.0 Å². The predicted octanol–water partition coefficient (Wildman–Crippen LogP) is 2.26. The lowest BCUT2D eigenvalue weighted by Crippen LogP contribution is -2.43. The number of amidine groups is 1. The molecule has 1 aliphatic rings. The number of nitrogens with zero attached hydrogens (tertiary/aromatic N) is 2. The van der Waals surface area contributed by atoms with Gasteiger partial charge in [0, 0.05) is 19.2 Å². The molecule has 1 fully saturated rings. The second kappa shape index (κ2) is 8.48. The summed E-state index contributed by atoms with van der Waals surface area (Å²) in [7, 11) is 1.64. The number of carbonyl (C=O) groups is 3. The molecule has 0 unspecified atom stereocenters. The average molecular weight is 410 g/mol. The second-order valence-electron chi connectivity index (χ2n) is 6.78. The lowest BCUT2D eigenvalue weighted by molar-refractivity contribution is -0.255. The van der Waals surface area contributed by atoms with Crippen molar-refractivity contribution in [3.05, 3.63) is 59.2 Å². The topological polar surface area (TPSA) is 102 Å². The summed E-state index contributed by atoms with van der Waals surface area (Å²) in [6.45, 7) is 4.00. The number of hydrogen-bond donors (Lipinski definition) is 1. The van der Waals surface area contributed by atoms with Crippen molar-refractivity contribution in [2.24, 2.45) is 4.99 Å². The number of amides is 2. The number of nitrogens with one attached hydrogen (secondary N) is 1. The number of thioether (sulfide) groups is 1. The van der Waals surface area contributed by atoms with Crippen molar-refractivity contribution in [2.75, 3.05) is 12.4 Å². The summed E-state index contributed by atoms with van der Waals surface area (Å²) in [5.74, 6) is -1.82. The maximum atomic E-state index is 12.6. The highest BCUT2D eigenvalue weighted by atomic mass is 32.2. The summed E-state index contributed by atoms with van der Waals surface area (Å²) in [5, 5.41) is 13.4. The molecule has 1 aliphatic heterocycles. The van der Waals surface area contributed by atoms with Gasteiger partial charge in [-0.3, -0.25) is 14.5 Å². The molecule has 2 aromatic rings. The molecule has 1 saturated heterocycles. The van der Waals surface area contributed by atoms with E-state index in [0.717, 1.165) is 11.1 Å². The van der Waals surface area contributed by atoms with Gasteiger partial charge < -0.3 is 15.2 Å². The Morgan fingerprint density at radius 1 is 1.14 bits per heavy atom. The molecule has 0 bridgehead atoms. The van der Waals surface area contributed by atoms with Gasteiger partial charge in [-0.05, 0) is 54.8 Å². The first-order valence-corrected chi connectivity index (χ1v) is 9.84. The van der Waals surface area contributed by atoms with E-state index in [1.165, 1.54) is 40.9 Å². The van der Waals surface area contributed by atoms with Crippen molar-refractivity contribution in [2.45, 2.75) is 25.5 Å². The lowest BCUT2D eigenvalue weighted by Gasteiger charge is -2.28. The van der Waals surface area contributed by atoms with Crippen LogP contribution in [0.5, 0.6) is 0 Å². The van der Waals surface area contributed by atoms with Crippen molar-refractivity contribution < 1.29 is 19.5 Å². The summed E-state index contributed by atoms with van der Waals surface area (Å²) in [4.78, 5) is 41.9. The molecule has 1 N–H and O–H groups in total. The second-order valence-corrected chi connectivity index (χ2v) is 7.95. The Morgan fingerprint density at radius 3 is 2.45 bits per heavy atom. The van der Waals surface area contributed by atoms with Gasteiger partial charge in [0.2, 0.25) is 11.8 Å². The molecule has 0 radical (unpaired) electrons. The van der Waals surface area contributed by atoms with Crippen molar-refractivity contribution in [1.82, 2.24) is 4.90 Å². The SMILES string of the molecule is Cc1ccc(N=C2S[C@@H](C(=O)Nc3ccc(C(=O)[O-])cc3)CC(=O)N2C)cc1C. The number of benzene rings is 2. The van der Waals surface area contributed by atoms with Crippen LogP contribution in [0.15, 0.2) is 47.5 Å². The fraction of sp³-hybridized carbons (Fsp3) is 0.238. The fourth-order valence-electron chi connectivity index (χ4n) is 2.72. The number of carboxylic acid groups (broad SMARTS) is 1. The molecule has 2 amide bonds. The number of aliphatic imine (C=N–C) groups is 1. The van der Waals surface area contributed by atoms with Crippen LogP contribution < -0.4 is 10.4 Å². The van der Waals surface area contributed by atoms with E-state index in [9.17, 15) is 19.5 Å². The maximum absolute atomic E-state index is 12.6. The van der Waals surface area contributed by atoms with Crippen molar-refractivity contribution in [3.8, 4) is 0 Å². The van der Waals surface area contributed by atoms with E-state index in [4.69, 9.17) is 0 Å². The third-order valence-electron chi connectivity index (χ3n) is 4.66. The van der Waals surface area contributed by atoms with E-state index < -0.39 is 11.2 Å². The van der Waals surface area contributed by atoms with Crippen molar-refractivity contribution in [1.29, 1.82) is 0 Å². The van der Waals surface area contributed by atoms with Crippen LogP contribution in [0, 0.1) is 13.8 Å². The van der Waals surface area contributed by atoms with Gasteiger partial charge in [0.25, 0.3) is 0 Å². The zero-order valence-corrected chi connectivity index (χ0v) is 17.1. The molecular formula is C21H20N3O4S-. The van der Waals surface area contributed by atoms with Gasteiger partial charge in [-0.2, -0.15) is 0 Å². The Balaban J connectivity index is 1.76. The number of hydrogen-bond acceptors (Lipinski definition) is 6. The third kappa shape index (κ3) is 4.83. The summed E-state index contributed by atoms with van der Waals surface area (Å²) in [5.41, 5.74) is 3.43. The van der Waals surface area contributed by atoms with E-state index in [0.29, 0.717) is 16.5 Å². The molecule has 0 aliphatic carbocycles. The summed E-state index contributed by atoms with van der Waals surface area (Å²) in [6, 6.07) is 11.4. The standard InChI is InChI=1S/C21H21N3O4S/c1-12-4-7-16(10-13(12)2)23-21-24(3)18(25)11-17(29-21)19(26)22-15-8-5-14(6-9-15)20(27)28/h4-10,17H,11H2,1-3H3,(H,22,26)(H,27,28)/p-1/t17-/m1/s1. The minimum atomic E-state index is -1.29. The van der Waals surface area contributed by atoms with Gasteiger partial charge in [0.15, 0.2) is 5.17 Å². The van der Waals surface area contributed by atoms with Crippen LogP contribution in [0.25, 0.3) is 0 Å². The third-order valence-corrected chi connectivity index (χ3v) is 5.91. The van der Waals surface area contributed by atoms with Crippen LogP contribution in [0.2, 0.25) is 0 Å². The zero-order valence-electron chi connectivity index (χ0n) is 16.3. The highest BCUT2D eigenvalue weighted by Crippen LogP contribution is 2.29. The van der Waals surface area contributed by atoms with E-state index in [-0.39, 0.29) is 23.8 Å². The molecule has 7 nitrogen and oxygen atoms in total. The fourth-order valence-corrected chi connectivity index (χ4v) is 3.78. The summed E-state index contributed by atoms with van der Waals surface area (Å²) < 4.78 is 0. The van der Waals surface area contributed by atoms with Crippen LogP contribution in [-0.2, 0) is 9.59 Å². The molecule has 2 aromatic carbocycles. The smallest absolute Gasteiger partial charge is 0.238 e. The molecular weight excluding hydrogens is 390 g/mol. The van der Waals surface area contributed by atoms with Crippen molar-refractivity contribution >= 4 is 46.1 Å².